The Morgan fingerprint density at radius 1 is 1.48 bits per heavy atom. The van der Waals surface area contributed by atoms with E-state index < -0.39 is 15.6 Å². The van der Waals surface area contributed by atoms with Crippen LogP contribution in [0.25, 0.3) is 0 Å². The molecule has 1 aliphatic carbocycles. The molecule has 21 heavy (non-hydrogen) atoms. The summed E-state index contributed by atoms with van der Waals surface area (Å²) in [5, 5.41) is 0.110. The van der Waals surface area contributed by atoms with Crippen LogP contribution in [0.2, 0.25) is 0 Å². The quantitative estimate of drug-likeness (QED) is 0.889. The Balaban J connectivity index is 2.37. The van der Waals surface area contributed by atoms with Gasteiger partial charge in [0.1, 0.15) is 0 Å². The predicted octanol–water partition coefficient (Wildman–Crippen LogP) is 1.34. The number of likely N-dealkylation sites (N-methyl/N-ethyl adjacent to an activating group) is 1. The van der Waals surface area contributed by atoms with Gasteiger partial charge in [-0.3, -0.25) is 0 Å². The van der Waals surface area contributed by atoms with Gasteiger partial charge in [0.15, 0.2) is 5.03 Å². The lowest BCUT2D eigenvalue weighted by Gasteiger charge is -2.45. The fraction of sp³-hybridized carbons (Fsp3) is 0.786. The summed E-state index contributed by atoms with van der Waals surface area (Å²) in [5.41, 5.74) is 5.55. The van der Waals surface area contributed by atoms with E-state index in [1.165, 1.54) is 6.33 Å². The van der Waals surface area contributed by atoms with Gasteiger partial charge in [-0.1, -0.05) is 13.8 Å². The number of aryl methyl sites for hydroxylation is 1. The first kappa shape index (κ1) is 16.5. The number of aromatic nitrogens is 2. The summed E-state index contributed by atoms with van der Waals surface area (Å²) in [6.07, 6.45) is 6.75. The van der Waals surface area contributed by atoms with Gasteiger partial charge in [0, 0.05) is 31.9 Å². The minimum Gasteiger partial charge on any atom is -0.339 e. The van der Waals surface area contributed by atoms with Gasteiger partial charge < -0.3 is 10.3 Å². The SMILES string of the molecule is CCN(C1(CN)CCC(C)CC1)S(=O)(=O)c1cn(C)cn1. The molecule has 6 nitrogen and oxygen atoms in total. The fourth-order valence-electron chi connectivity index (χ4n) is 3.25. The number of nitrogens with two attached hydrogens (primary N) is 1. The highest BCUT2D eigenvalue weighted by Crippen LogP contribution is 2.38. The first-order valence-corrected chi connectivity index (χ1v) is 9.00. The maximum Gasteiger partial charge on any atom is 0.262 e. The fourth-order valence-corrected chi connectivity index (χ4v) is 5.06. The molecule has 0 atom stereocenters. The summed E-state index contributed by atoms with van der Waals surface area (Å²) in [7, 11) is -1.83. The van der Waals surface area contributed by atoms with E-state index in [1.807, 2.05) is 6.92 Å². The van der Waals surface area contributed by atoms with E-state index in [1.54, 1.807) is 22.1 Å². The van der Waals surface area contributed by atoms with Crippen LogP contribution in [0.5, 0.6) is 0 Å². The summed E-state index contributed by atoms with van der Waals surface area (Å²) < 4.78 is 29.1. The van der Waals surface area contributed by atoms with Crippen molar-refractivity contribution >= 4 is 10.0 Å². The molecule has 0 bridgehead atoms. The molecule has 1 aromatic rings. The van der Waals surface area contributed by atoms with Crippen LogP contribution in [-0.2, 0) is 17.1 Å². The molecule has 120 valence electrons. The van der Waals surface area contributed by atoms with E-state index in [-0.39, 0.29) is 5.03 Å². The summed E-state index contributed by atoms with van der Waals surface area (Å²) in [6.45, 7) is 4.87. The topological polar surface area (TPSA) is 81.2 Å². The second kappa shape index (κ2) is 6.06. The Kier molecular flexibility index (Phi) is 4.75. The van der Waals surface area contributed by atoms with E-state index in [2.05, 4.69) is 11.9 Å². The summed E-state index contributed by atoms with van der Waals surface area (Å²) in [6, 6.07) is 0. The Labute approximate surface area is 127 Å². The smallest absolute Gasteiger partial charge is 0.262 e. The molecule has 0 aliphatic heterocycles. The zero-order chi connectivity index (χ0) is 15.7. The minimum absolute atomic E-state index is 0.110. The van der Waals surface area contributed by atoms with E-state index in [0.29, 0.717) is 19.0 Å². The van der Waals surface area contributed by atoms with Gasteiger partial charge in [0.2, 0.25) is 0 Å². The van der Waals surface area contributed by atoms with Crippen LogP contribution >= 0.6 is 0 Å². The monoisotopic (exact) mass is 314 g/mol. The maximum absolute atomic E-state index is 12.9. The minimum atomic E-state index is -3.60. The molecule has 1 saturated carbocycles. The lowest BCUT2D eigenvalue weighted by atomic mass is 9.77. The molecular weight excluding hydrogens is 288 g/mol. The predicted molar refractivity (Wildman–Crippen MR) is 82.2 cm³/mol. The van der Waals surface area contributed by atoms with Crippen LogP contribution in [0.1, 0.15) is 39.5 Å². The molecule has 0 unspecified atom stereocenters. The van der Waals surface area contributed by atoms with Gasteiger partial charge in [0.05, 0.1) is 6.33 Å². The maximum atomic E-state index is 12.9. The Morgan fingerprint density at radius 2 is 2.10 bits per heavy atom. The highest BCUT2D eigenvalue weighted by molar-refractivity contribution is 7.89. The summed E-state index contributed by atoms with van der Waals surface area (Å²) in [4.78, 5) is 4.02. The first-order chi connectivity index (χ1) is 9.85. The van der Waals surface area contributed by atoms with Crippen molar-refractivity contribution in [3.63, 3.8) is 0 Å². The molecule has 0 radical (unpaired) electrons. The molecule has 1 aromatic heterocycles. The molecule has 0 amide bonds. The van der Waals surface area contributed by atoms with Crippen molar-refractivity contribution in [2.24, 2.45) is 18.7 Å². The van der Waals surface area contributed by atoms with Gasteiger partial charge in [-0.05, 0) is 31.6 Å². The third kappa shape index (κ3) is 3.00. The van der Waals surface area contributed by atoms with Gasteiger partial charge in [-0.2, -0.15) is 4.31 Å². The third-order valence-electron chi connectivity index (χ3n) is 4.64. The van der Waals surface area contributed by atoms with Crippen LogP contribution < -0.4 is 5.73 Å². The van der Waals surface area contributed by atoms with Crippen molar-refractivity contribution in [2.75, 3.05) is 13.1 Å². The lowest BCUT2D eigenvalue weighted by molar-refractivity contribution is 0.119. The van der Waals surface area contributed by atoms with E-state index >= 15 is 0 Å². The number of hydrogen-bond acceptors (Lipinski definition) is 4. The van der Waals surface area contributed by atoms with Crippen LogP contribution in [0, 0.1) is 5.92 Å². The molecule has 7 heteroatoms. The van der Waals surface area contributed by atoms with Gasteiger partial charge in [-0.15, -0.1) is 0 Å². The number of nitrogens with zero attached hydrogens (tertiary/aromatic N) is 3. The molecule has 2 N–H and O–H groups in total. The molecule has 2 rings (SSSR count). The second-order valence-electron chi connectivity index (χ2n) is 6.16. The number of rotatable bonds is 5. The average molecular weight is 314 g/mol. The Bertz CT molecular complexity index is 574. The van der Waals surface area contributed by atoms with Crippen LogP contribution in [0.3, 0.4) is 0 Å². The standard InChI is InChI=1S/C14H26N4O2S/c1-4-18(14(10-15)7-5-12(2)6-8-14)21(19,20)13-9-17(3)11-16-13/h9,11-12H,4-8,10,15H2,1-3H3. The van der Waals surface area contributed by atoms with Crippen molar-refractivity contribution < 1.29 is 8.42 Å². The van der Waals surface area contributed by atoms with Gasteiger partial charge in [0.25, 0.3) is 10.0 Å². The summed E-state index contributed by atoms with van der Waals surface area (Å²) >= 11 is 0. The highest BCUT2D eigenvalue weighted by Gasteiger charge is 2.44. The van der Waals surface area contributed by atoms with Crippen LogP contribution in [0.15, 0.2) is 17.6 Å². The number of hydrogen-bond donors (Lipinski definition) is 1. The molecule has 0 spiro atoms. The zero-order valence-corrected chi connectivity index (χ0v) is 13.9. The van der Waals surface area contributed by atoms with E-state index in [4.69, 9.17) is 5.73 Å². The molecule has 0 aromatic carbocycles. The Morgan fingerprint density at radius 3 is 2.52 bits per heavy atom. The van der Waals surface area contributed by atoms with Crippen molar-refractivity contribution in [2.45, 2.75) is 50.1 Å². The largest absolute Gasteiger partial charge is 0.339 e. The first-order valence-electron chi connectivity index (χ1n) is 7.56. The Hall–Kier alpha value is -0.920. The highest BCUT2D eigenvalue weighted by atomic mass is 32.2. The van der Waals surface area contributed by atoms with Crippen LogP contribution in [0.4, 0.5) is 0 Å². The van der Waals surface area contributed by atoms with Crippen LogP contribution in [-0.4, -0.2) is 40.9 Å². The molecule has 1 aliphatic rings. The molecule has 0 saturated heterocycles. The molecular formula is C14H26N4O2S. The van der Waals surface area contributed by atoms with Gasteiger partial charge >= 0.3 is 0 Å². The van der Waals surface area contributed by atoms with Crippen molar-refractivity contribution in [3.8, 4) is 0 Å². The third-order valence-corrected chi connectivity index (χ3v) is 6.60. The molecule has 1 heterocycles. The number of imidazole rings is 1. The molecule has 1 fully saturated rings. The number of sulfonamides is 1. The van der Waals surface area contributed by atoms with Crippen molar-refractivity contribution in [1.29, 1.82) is 0 Å². The van der Waals surface area contributed by atoms with Gasteiger partial charge in [-0.25, -0.2) is 13.4 Å². The lowest BCUT2D eigenvalue weighted by Crippen LogP contribution is -2.57. The van der Waals surface area contributed by atoms with Crippen molar-refractivity contribution in [1.82, 2.24) is 13.9 Å². The second-order valence-corrected chi connectivity index (χ2v) is 7.97. The van der Waals surface area contributed by atoms with Crippen molar-refractivity contribution in [3.05, 3.63) is 12.5 Å². The van der Waals surface area contributed by atoms with E-state index in [0.717, 1.165) is 25.7 Å². The average Bonchev–Trinajstić information content (AvgIpc) is 2.89. The summed E-state index contributed by atoms with van der Waals surface area (Å²) in [5.74, 6) is 0.640. The normalized spacial score (nSPS) is 27.2. The zero-order valence-electron chi connectivity index (χ0n) is 13.1. The van der Waals surface area contributed by atoms with E-state index in [9.17, 15) is 8.42 Å².